The second-order valence-electron chi connectivity index (χ2n) is 8.22. The number of rotatable bonds is 1. The molecule has 0 saturated carbocycles. The van der Waals surface area contributed by atoms with Crippen LogP contribution < -0.4 is 0 Å². The Bertz CT molecular complexity index is 988. The molecule has 1 atom stereocenters. The zero-order valence-electron chi connectivity index (χ0n) is 15.7. The second kappa shape index (κ2) is 5.56. The molecule has 0 bridgehead atoms. The van der Waals surface area contributed by atoms with E-state index in [1.807, 2.05) is 6.20 Å². The van der Waals surface area contributed by atoms with Crippen molar-refractivity contribution < 1.29 is 0 Å². The molecule has 1 aromatic heterocycles. The molecule has 1 aliphatic rings. The standard InChI is InChI=1S/C24H25N/c1-15-16(2)23-22-18(11-12-25-23)13-19(24(3,4)5)14-20(22)21(15)17-9-7-6-8-10-17/h6-14,21H,1-5H3. The third-order valence-electron chi connectivity index (χ3n) is 5.58. The number of nitrogens with zero attached hydrogens (tertiary/aromatic N) is 1. The molecule has 0 fully saturated rings. The van der Waals surface area contributed by atoms with Gasteiger partial charge in [0.2, 0.25) is 0 Å². The number of allylic oxidation sites excluding steroid dienone is 2. The highest BCUT2D eigenvalue weighted by molar-refractivity contribution is 5.99. The minimum Gasteiger partial charge on any atom is -0.256 e. The van der Waals surface area contributed by atoms with Crippen LogP contribution in [0.2, 0.25) is 0 Å². The zero-order chi connectivity index (χ0) is 17.8. The molecule has 1 nitrogen and oxygen atoms in total. The Morgan fingerprint density at radius 2 is 1.64 bits per heavy atom. The van der Waals surface area contributed by atoms with Gasteiger partial charge >= 0.3 is 0 Å². The highest BCUT2D eigenvalue weighted by atomic mass is 14.7. The predicted molar refractivity (Wildman–Crippen MR) is 107 cm³/mol. The smallest absolute Gasteiger partial charge is 0.0740 e. The first-order chi connectivity index (χ1) is 11.9. The minimum absolute atomic E-state index is 0.124. The van der Waals surface area contributed by atoms with Crippen molar-refractivity contribution in [2.45, 2.75) is 46.0 Å². The number of pyridine rings is 1. The summed E-state index contributed by atoms with van der Waals surface area (Å²) in [5.74, 6) is 0.308. The van der Waals surface area contributed by atoms with Crippen molar-refractivity contribution in [2.24, 2.45) is 0 Å². The fraction of sp³-hybridized carbons (Fsp3) is 0.292. The monoisotopic (exact) mass is 327 g/mol. The molecule has 0 radical (unpaired) electrons. The maximum atomic E-state index is 4.73. The summed E-state index contributed by atoms with van der Waals surface area (Å²) >= 11 is 0. The molecule has 0 amide bonds. The Morgan fingerprint density at radius 1 is 0.920 bits per heavy atom. The van der Waals surface area contributed by atoms with Gasteiger partial charge in [-0.1, -0.05) is 68.8 Å². The number of hydrogen-bond acceptors (Lipinski definition) is 1. The van der Waals surface area contributed by atoms with E-state index in [1.165, 1.54) is 38.6 Å². The van der Waals surface area contributed by atoms with Gasteiger partial charge in [-0.25, -0.2) is 0 Å². The molecule has 0 aliphatic heterocycles. The van der Waals surface area contributed by atoms with Crippen molar-refractivity contribution >= 4 is 16.3 Å². The highest BCUT2D eigenvalue weighted by Crippen LogP contribution is 2.46. The SMILES string of the molecule is CC1=C(C)C(c2ccccc2)c2cc(C(C)(C)C)cc3ccnc1c23. The third kappa shape index (κ3) is 2.50. The van der Waals surface area contributed by atoms with Gasteiger partial charge in [0, 0.05) is 17.5 Å². The van der Waals surface area contributed by atoms with E-state index in [-0.39, 0.29) is 5.41 Å². The van der Waals surface area contributed by atoms with E-state index in [4.69, 9.17) is 4.98 Å². The molecule has 0 N–H and O–H groups in total. The minimum atomic E-state index is 0.124. The molecule has 2 aromatic carbocycles. The van der Waals surface area contributed by atoms with Crippen LogP contribution in [0.5, 0.6) is 0 Å². The molecule has 1 heterocycles. The van der Waals surface area contributed by atoms with Crippen LogP contribution in [-0.4, -0.2) is 4.98 Å². The lowest BCUT2D eigenvalue weighted by atomic mass is 9.74. The van der Waals surface area contributed by atoms with Crippen molar-refractivity contribution in [3.63, 3.8) is 0 Å². The summed E-state index contributed by atoms with van der Waals surface area (Å²) in [4.78, 5) is 4.73. The van der Waals surface area contributed by atoms with Gasteiger partial charge < -0.3 is 0 Å². The quantitative estimate of drug-likeness (QED) is 0.499. The van der Waals surface area contributed by atoms with Crippen molar-refractivity contribution in [2.75, 3.05) is 0 Å². The van der Waals surface area contributed by atoms with E-state index in [9.17, 15) is 0 Å². The average molecular weight is 327 g/mol. The first-order valence-corrected chi connectivity index (χ1v) is 9.04. The third-order valence-corrected chi connectivity index (χ3v) is 5.58. The van der Waals surface area contributed by atoms with Crippen LogP contribution in [0.25, 0.3) is 16.3 Å². The van der Waals surface area contributed by atoms with Crippen LogP contribution in [0.4, 0.5) is 0 Å². The Labute approximate surface area is 150 Å². The molecule has 3 aromatic rings. The molecular formula is C24H25N. The van der Waals surface area contributed by atoms with Gasteiger partial charge in [0.25, 0.3) is 0 Å². The van der Waals surface area contributed by atoms with Gasteiger partial charge in [-0.2, -0.15) is 0 Å². The molecule has 0 spiro atoms. The van der Waals surface area contributed by atoms with Gasteiger partial charge in [-0.05, 0) is 53.0 Å². The van der Waals surface area contributed by atoms with Gasteiger partial charge in [0.05, 0.1) is 5.69 Å². The largest absolute Gasteiger partial charge is 0.256 e. The summed E-state index contributed by atoms with van der Waals surface area (Å²) in [6.45, 7) is 11.3. The summed E-state index contributed by atoms with van der Waals surface area (Å²) in [6, 6.07) is 17.8. The van der Waals surface area contributed by atoms with Crippen LogP contribution in [0, 0.1) is 0 Å². The van der Waals surface area contributed by atoms with Crippen molar-refractivity contribution in [1.82, 2.24) is 4.98 Å². The first kappa shape index (κ1) is 16.1. The van der Waals surface area contributed by atoms with Crippen LogP contribution in [-0.2, 0) is 5.41 Å². The van der Waals surface area contributed by atoms with Gasteiger partial charge in [0.15, 0.2) is 0 Å². The molecule has 1 aliphatic carbocycles. The number of hydrogen-bond donors (Lipinski definition) is 0. The fourth-order valence-corrected chi connectivity index (χ4v) is 4.01. The van der Waals surface area contributed by atoms with Gasteiger partial charge in [-0.15, -0.1) is 0 Å². The Morgan fingerprint density at radius 3 is 2.32 bits per heavy atom. The molecule has 126 valence electrons. The maximum absolute atomic E-state index is 4.73. The summed E-state index contributed by atoms with van der Waals surface area (Å²) < 4.78 is 0. The molecule has 0 saturated heterocycles. The lowest BCUT2D eigenvalue weighted by Gasteiger charge is -2.31. The number of benzene rings is 2. The van der Waals surface area contributed by atoms with E-state index < -0.39 is 0 Å². The zero-order valence-corrected chi connectivity index (χ0v) is 15.7. The summed E-state index contributed by atoms with van der Waals surface area (Å²) in [5, 5.41) is 2.63. The van der Waals surface area contributed by atoms with Crippen molar-refractivity contribution in [3.8, 4) is 0 Å². The second-order valence-corrected chi connectivity index (χ2v) is 8.22. The number of aromatic nitrogens is 1. The van der Waals surface area contributed by atoms with E-state index in [2.05, 4.69) is 83.1 Å². The van der Waals surface area contributed by atoms with Gasteiger partial charge in [-0.3, -0.25) is 4.98 Å². The summed E-state index contributed by atoms with van der Waals surface area (Å²) in [7, 11) is 0. The first-order valence-electron chi connectivity index (χ1n) is 9.04. The van der Waals surface area contributed by atoms with Crippen LogP contribution in [0.1, 0.15) is 62.9 Å². The Balaban J connectivity index is 2.10. The van der Waals surface area contributed by atoms with Crippen LogP contribution in [0.3, 0.4) is 0 Å². The van der Waals surface area contributed by atoms with E-state index >= 15 is 0 Å². The topological polar surface area (TPSA) is 12.9 Å². The van der Waals surface area contributed by atoms with Gasteiger partial charge in [0.1, 0.15) is 0 Å². The Hall–Kier alpha value is -2.41. The highest BCUT2D eigenvalue weighted by Gasteiger charge is 2.29. The van der Waals surface area contributed by atoms with E-state index in [0.717, 1.165) is 5.69 Å². The predicted octanol–water partition coefficient (Wildman–Crippen LogP) is 6.47. The average Bonchev–Trinajstić information content (AvgIpc) is 2.59. The van der Waals surface area contributed by atoms with Crippen molar-refractivity contribution in [1.29, 1.82) is 0 Å². The van der Waals surface area contributed by atoms with Crippen molar-refractivity contribution in [3.05, 3.63) is 82.7 Å². The van der Waals surface area contributed by atoms with E-state index in [0.29, 0.717) is 5.92 Å². The lowest BCUT2D eigenvalue weighted by Crippen LogP contribution is -2.16. The Kier molecular flexibility index (Phi) is 3.57. The van der Waals surface area contributed by atoms with Crippen LogP contribution in [0.15, 0.2) is 60.3 Å². The summed E-state index contributed by atoms with van der Waals surface area (Å²) in [6.07, 6.45) is 1.95. The molecular weight excluding hydrogens is 302 g/mol. The molecule has 4 rings (SSSR count). The summed E-state index contributed by atoms with van der Waals surface area (Å²) in [5.41, 5.74) is 8.15. The lowest BCUT2D eigenvalue weighted by molar-refractivity contribution is 0.590. The van der Waals surface area contributed by atoms with E-state index in [1.54, 1.807) is 0 Å². The molecule has 1 unspecified atom stereocenters. The van der Waals surface area contributed by atoms with Crippen LogP contribution >= 0.6 is 0 Å². The normalized spacial score (nSPS) is 17.2. The molecule has 1 heteroatoms. The fourth-order valence-electron chi connectivity index (χ4n) is 4.01. The maximum Gasteiger partial charge on any atom is 0.0740 e. The molecule has 25 heavy (non-hydrogen) atoms.